The predicted molar refractivity (Wildman–Crippen MR) is 89.0 cm³/mol. The van der Waals surface area contributed by atoms with Gasteiger partial charge in [-0.25, -0.2) is 0 Å². The van der Waals surface area contributed by atoms with Gasteiger partial charge in [-0.05, 0) is 37.3 Å². The molecule has 0 heterocycles. The molecule has 1 aliphatic carbocycles. The average molecular weight is 327 g/mol. The topological polar surface area (TPSA) is 64.3 Å². The lowest BCUT2D eigenvalue weighted by atomic mass is 9.62. The summed E-state index contributed by atoms with van der Waals surface area (Å²) in [5, 5.41) is 3.47. The van der Waals surface area contributed by atoms with E-state index >= 15 is 0 Å². The third-order valence-corrected chi connectivity index (χ3v) is 4.83. The summed E-state index contributed by atoms with van der Waals surface area (Å²) in [4.78, 5) is 12.9. The molecule has 4 nitrogen and oxygen atoms in total. The Morgan fingerprint density at radius 1 is 1.52 bits per heavy atom. The smallest absolute Gasteiger partial charge is 0.237 e. The quantitative estimate of drug-likeness (QED) is 0.833. The van der Waals surface area contributed by atoms with E-state index in [9.17, 15) is 4.79 Å². The molecule has 1 amide bonds. The van der Waals surface area contributed by atoms with Crippen LogP contribution in [0, 0.1) is 18.3 Å². The summed E-state index contributed by atoms with van der Waals surface area (Å²) in [6.07, 6.45) is 1.37. The van der Waals surface area contributed by atoms with Crippen molar-refractivity contribution in [2.75, 3.05) is 12.4 Å². The first-order chi connectivity index (χ1) is 9.80. The van der Waals surface area contributed by atoms with Crippen LogP contribution in [-0.2, 0) is 4.79 Å². The van der Waals surface area contributed by atoms with Gasteiger partial charge in [0.2, 0.25) is 5.91 Å². The number of benzene rings is 1. The van der Waals surface area contributed by atoms with E-state index < -0.39 is 5.41 Å². The number of amides is 1. The fourth-order valence-corrected chi connectivity index (χ4v) is 3.21. The molecule has 0 atom stereocenters. The number of rotatable bonds is 4. The summed E-state index contributed by atoms with van der Waals surface area (Å²) in [5.41, 5.74) is 6.49. The van der Waals surface area contributed by atoms with Crippen LogP contribution in [0.2, 0.25) is 5.02 Å². The Balaban J connectivity index is 2.27. The molecule has 1 fully saturated rings. The lowest BCUT2D eigenvalue weighted by Gasteiger charge is -2.44. The van der Waals surface area contributed by atoms with Crippen LogP contribution in [0.4, 0.5) is 5.69 Å². The second-order valence-electron chi connectivity index (χ2n) is 5.72. The Labute approximate surface area is 135 Å². The van der Waals surface area contributed by atoms with Crippen LogP contribution in [0.25, 0.3) is 0 Å². The molecule has 0 bridgehead atoms. The summed E-state index contributed by atoms with van der Waals surface area (Å²) in [6, 6.07) is 3.47. The van der Waals surface area contributed by atoms with Gasteiger partial charge in [0.05, 0.1) is 23.2 Å². The minimum Gasteiger partial charge on any atom is -0.495 e. The Bertz CT molecular complexity index is 598. The van der Waals surface area contributed by atoms with Crippen molar-refractivity contribution in [1.29, 1.82) is 0 Å². The van der Waals surface area contributed by atoms with Gasteiger partial charge in [-0.3, -0.25) is 4.79 Å². The lowest BCUT2D eigenvalue weighted by molar-refractivity contribution is -0.127. The molecular formula is C15H19ClN2O2S. The minimum absolute atomic E-state index is 0.173. The predicted octanol–water partition coefficient (Wildman–Crippen LogP) is 3.30. The molecule has 3 N–H and O–H groups in total. The number of halogens is 1. The Morgan fingerprint density at radius 3 is 2.62 bits per heavy atom. The molecule has 0 unspecified atom stereocenters. The Hall–Kier alpha value is -1.33. The first kappa shape index (κ1) is 16.0. The maximum atomic E-state index is 12.6. The first-order valence-corrected chi connectivity index (χ1v) is 7.54. The molecule has 0 spiro atoms. The number of nitrogens with two attached hydrogens (primary N) is 1. The van der Waals surface area contributed by atoms with E-state index in [1.807, 2.05) is 6.92 Å². The number of hydrogen-bond donors (Lipinski definition) is 2. The molecule has 114 valence electrons. The number of anilines is 1. The van der Waals surface area contributed by atoms with Crippen molar-refractivity contribution in [3.63, 3.8) is 0 Å². The van der Waals surface area contributed by atoms with Gasteiger partial charge in [-0.1, -0.05) is 30.7 Å². The normalized spacial score (nSPS) is 24.1. The number of ether oxygens (including phenoxy) is 1. The molecular weight excluding hydrogens is 308 g/mol. The minimum atomic E-state index is -0.743. The van der Waals surface area contributed by atoms with Gasteiger partial charge in [-0.2, -0.15) is 0 Å². The number of carbonyl (C=O) groups excluding carboxylic acids is 1. The van der Waals surface area contributed by atoms with E-state index in [4.69, 9.17) is 34.3 Å². The summed E-state index contributed by atoms with van der Waals surface area (Å²) >= 11 is 11.2. The number of methoxy groups -OCH3 is 1. The van der Waals surface area contributed by atoms with E-state index in [0.29, 0.717) is 35.2 Å². The fraction of sp³-hybridized carbons (Fsp3) is 0.467. The molecule has 1 aliphatic rings. The van der Waals surface area contributed by atoms with Gasteiger partial charge in [0.1, 0.15) is 5.75 Å². The highest BCUT2D eigenvalue weighted by molar-refractivity contribution is 7.80. The average Bonchev–Trinajstić information content (AvgIpc) is 2.38. The fourth-order valence-electron chi connectivity index (χ4n) is 2.80. The maximum Gasteiger partial charge on any atom is 0.237 e. The standard InChI is InChI=1S/C15H19ClN2O2S/c1-8-6-15(7-8,13(17)21)14(19)18-11-4-9(2)10(16)5-12(11)20-3/h4-5,8H,6-7H2,1-3H3,(H2,17,21)(H,18,19). The highest BCUT2D eigenvalue weighted by Crippen LogP contribution is 2.47. The van der Waals surface area contributed by atoms with Crippen molar-refractivity contribution in [2.45, 2.75) is 26.7 Å². The van der Waals surface area contributed by atoms with Crippen LogP contribution in [-0.4, -0.2) is 18.0 Å². The zero-order chi connectivity index (χ0) is 15.8. The van der Waals surface area contributed by atoms with Crippen LogP contribution < -0.4 is 15.8 Å². The molecule has 1 aromatic carbocycles. The van der Waals surface area contributed by atoms with E-state index in [1.54, 1.807) is 12.1 Å². The van der Waals surface area contributed by atoms with Crippen LogP contribution in [0.3, 0.4) is 0 Å². The van der Waals surface area contributed by atoms with E-state index in [0.717, 1.165) is 5.56 Å². The monoisotopic (exact) mass is 326 g/mol. The van der Waals surface area contributed by atoms with Crippen LogP contribution in [0.15, 0.2) is 12.1 Å². The molecule has 6 heteroatoms. The SMILES string of the molecule is COc1cc(Cl)c(C)cc1NC(=O)C1(C(N)=S)CC(C)C1. The van der Waals surface area contributed by atoms with E-state index in [-0.39, 0.29) is 10.9 Å². The van der Waals surface area contributed by atoms with Gasteiger partial charge < -0.3 is 15.8 Å². The zero-order valence-electron chi connectivity index (χ0n) is 12.3. The second-order valence-corrected chi connectivity index (χ2v) is 6.56. The molecule has 21 heavy (non-hydrogen) atoms. The van der Waals surface area contributed by atoms with Crippen molar-refractivity contribution in [3.8, 4) is 5.75 Å². The third-order valence-electron chi connectivity index (χ3n) is 4.03. The molecule has 0 saturated heterocycles. The Morgan fingerprint density at radius 2 is 2.14 bits per heavy atom. The number of aryl methyl sites for hydroxylation is 1. The largest absolute Gasteiger partial charge is 0.495 e. The molecule has 0 aliphatic heterocycles. The second kappa shape index (κ2) is 5.81. The summed E-state index contributed by atoms with van der Waals surface area (Å²) in [7, 11) is 1.53. The highest BCUT2D eigenvalue weighted by atomic mass is 35.5. The van der Waals surface area contributed by atoms with Gasteiger partial charge >= 0.3 is 0 Å². The number of thiocarbonyl (C=S) groups is 1. The number of nitrogens with one attached hydrogen (secondary N) is 1. The summed E-state index contributed by atoms with van der Waals surface area (Å²) in [6.45, 7) is 3.95. The lowest BCUT2D eigenvalue weighted by Crippen LogP contribution is -2.53. The molecule has 1 saturated carbocycles. The van der Waals surface area contributed by atoms with Gasteiger partial charge in [0.25, 0.3) is 0 Å². The van der Waals surface area contributed by atoms with Crippen molar-refractivity contribution >= 4 is 40.4 Å². The summed E-state index contributed by atoms with van der Waals surface area (Å²) < 4.78 is 5.26. The third kappa shape index (κ3) is 2.85. The van der Waals surface area contributed by atoms with Crippen molar-refractivity contribution in [3.05, 3.63) is 22.7 Å². The number of carbonyl (C=O) groups is 1. The van der Waals surface area contributed by atoms with Gasteiger partial charge in [0.15, 0.2) is 0 Å². The van der Waals surface area contributed by atoms with Crippen LogP contribution >= 0.6 is 23.8 Å². The number of hydrogen-bond acceptors (Lipinski definition) is 3. The van der Waals surface area contributed by atoms with E-state index in [2.05, 4.69) is 12.2 Å². The van der Waals surface area contributed by atoms with Crippen molar-refractivity contribution in [1.82, 2.24) is 0 Å². The molecule has 0 radical (unpaired) electrons. The van der Waals surface area contributed by atoms with Crippen LogP contribution in [0.1, 0.15) is 25.3 Å². The highest BCUT2D eigenvalue weighted by Gasteiger charge is 2.51. The van der Waals surface area contributed by atoms with Crippen LogP contribution in [0.5, 0.6) is 5.75 Å². The maximum absolute atomic E-state index is 12.6. The first-order valence-electron chi connectivity index (χ1n) is 6.75. The van der Waals surface area contributed by atoms with Crippen molar-refractivity contribution < 1.29 is 9.53 Å². The molecule has 0 aromatic heterocycles. The molecule has 1 aromatic rings. The van der Waals surface area contributed by atoms with Gasteiger partial charge in [0, 0.05) is 11.1 Å². The molecule has 2 rings (SSSR count). The Kier molecular flexibility index (Phi) is 4.44. The van der Waals surface area contributed by atoms with E-state index in [1.165, 1.54) is 7.11 Å². The summed E-state index contributed by atoms with van der Waals surface area (Å²) in [5.74, 6) is 0.795. The van der Waals surface area contributed by atoms with Gasteiger partial charge in [-0.15, -0.1) is 0 Å². The zero-order valence-corrected chi connectivity index (χ0v) is 13.9. The van der Waals surface area contributed by atoms with Crippen molar-refractivity contribution in [2.24, 2.45) is 17.1 Å².